The Labute approximate surface area is 103 Å². The summed E-state index contributed by atoms with van der Waals surface area (Å²) in [6.07, 6.45) is 2.94. The standard InChI is InChI=1S/C13H17NO.ClH/c15-13-8-4-7-12(13)10-14-9-11-5-2-1-3-6-11;/h1-3,5-6,12,14H,4,7-10H2;1H. The molecule has 1 N–H and O–H groups in total. The van der Waals surface area contributed by atoms with Gasteiger partial charge in [0, 0.05) is 25.4 Å². The zero-order valence-electron chi connectivity index (χ0n) is 9.32. The van der Waals surface area contributed by atoms with Gasteiger partial charge in [-0.05, 0) is 18.4 Å². The normalized spacial score (nSPS) is 19.5. The van der Waals surface area contributed by atoms with E-state index in [4.69, 9.17) is 0 Å². The zero-order chi connectivity index (χ0) is 10.5. The first-order chi connectivity index (χ1) is 7.36. The molecular weight excluding hydrogens is 222 g/mol. The molecule has 2 nitrogen and oxygen atoms in total. The molecule has 1 aliphatic rings. The van der Waals surface area contributed by atoms with Crippen molar-refractivity contribution in [2.75, 3.05) is 6.54 Å². The van der Waals surface area contributed by atoms with Crippen LogP contribution in [-0.4, -0.2) is 12.3 Å². The van der Waals surface area contributed by atoms with Crippen molar-refractivity contribution in [1.29, 1.82) is 0 Å². The molecule has 0 aromatic heterocycles. The van der Waals surface area contributed by atoms with Crippen molar-refractivity contribution in [3.8, 4) is 0 Å². The maximum atomic E-state index is 11.4. The Bertz CT molecular complexity index is 326. The van der Waals surface area contributed by atoms with Gasteiger partial charge in [0.2, 0.25) is 0 Å². The predicted octanol–water partition coefficient (Wildman–Crippen LogP) is 2.57. The van der Waals surface area contributed by atoms with Gasteiger partial charge in [0.1, 0.15) is 5.78 Å². The van der Waals surface area contributed by atoms with Gasteiger partial charge in [-0.2, -0.15) is 0 Å². The number of carbonyl (C=O) groups excluding carboxylic acids is 1. The van der Waals surface area contributed by atoms with Crippen LogP contribution in [-0.2, 0) is 11.3 Å². The molecule has 1 aliphatic carbocycles. The van der Waals surface area contributed by atoms with Crippen molar-refractivity contribution in [2.24, 2.45) is 5.92 Å². The Morgan fingerprint density at radius 3 is 2.62 bits per heavy atom. The number of carbonyl (C=O) groups is 1. The monoisotopic (exact) mass is 239 g/mol. The minimum Gasteiger partial charge on any atom is -0.312 e. The van der Waals surface area contributed by atoms with Gasteiger partial charge in [-0.1, -0.05) is 30.3 Å². The number of ketones is 1. The summed E-state index contributed by atoms with van der Waals surface area (Å²) < 4.78 is 0. The van der Waals surface area contributed by atoms with Gasteiger partial charge in [0.05, 0.1) is 0 Å². The van der Waals surface area contributed by atoms with E-state index in [1.165, 1.54) is 5.56 Å². The van der Waals surface area contributed by atoms with Gasteiger partial charge in [0.25, 0.3) is 0 Å². The van der Waals surface area contributed by atoms with E-state index in [1.807, 2.05) is 18.2 Å². The lowest BCUT2D eigenvalue weighted by atomic mass is 10.1. The number of Topliss-reactive ketones (excluding diaryl/α,β-unsaturated/α-hetero) is 1. The molecule has 3 heteroatoms. The molecular formula is C13H18ClNO. The van der Waals surface area contributed by atoms with E-state index < -0.39 is 0 Å². The van der Waals surface area contributed by atoms with Crippen LogP contribution in [0.5, 0.6) is 0 Å². The summed E-state index contributed by atoms with van der Waals surface area (Å²) in [6, 6.07) is 10.3. The van der Waals surface area contributed by atoms with Gasteiger partial charge in [-0.3, -0.25) is 4.79 Å². The van der Waals surface area contributed by atoms with Crippen LogP contribution in [0, 0.1) is 5.92 Å². The van der Waals surface area contributed by atoms with Crippen LogP contribution >= 0.6 is 12.4 Å². The van der Waals surface area contributed by atoms with Crippen LogP contribution in [0.1, 0.15) is 24.8 Å². The molecule has 0 aliphatic heterocycles. The van der Waals surface area contributed by atoms with Crippen molar-refractivity contribution in [2.45, 2.75) is 25.8 Å². The quantitative estimate of drug-likeness (QED) is 0.875. The lowest BCUT2D eigenvalue weighted by molar-refractivity contribution is -0.120. The molecule has 1 fully saturated rings. The highest BCUT2D eigenvalue weighted by Crippen LogP contribution is 2.20. The number of rotatable bonds is 4. The molecule has 1 unspecified atom stereocenters. The number of hydrogen-bond donors (Lipinski definition) is 1. The maximum absolute atomic E-state index is 11.4. The van der Waals surface area contributed by atoms with Gasteiger partial charge in [-0.15, -0.1) is 12.4 Å². The zero-order valence-corrected chi connectivity index (χ0v) is 10.1. The Morgan fingerprint density at radius 2 is 2.00 bits per heavy atom. The van der Waals surface area contributed by atoms with Gasteiger partial charge < -0.3 is 5.32 Å². The summed E-state index contributed by atoms with van der Waals surface area (Å²) in [4.78, 5) is 11.4. The molecule has 0 spiro atoms. The Balaban J connectivity index is 0.00000128. The smallest absolute Gasteiger partial charge is 0.137 e. The molecule has 88 valence electrons. The highest BCUT2D eigenvalue weighted by molar-refractivity contribution is 5.85. The molecule has 0 saturated heterocycles. The highest BCUT2D eigenvalue weighted by Gasteiger charge is 2.23. The van der Waals surface area contributed by atoms with E-state index in [0.717, 1.165) is 32.4 Å². The van der Waals surface area contributed by atoms with Crippen LogP contribution in [0.3, 0.4) is 0 Å². The topological polar surface area (TPSA) is 29.1 Å². The summed E-state index contributed by atoms with van der Waals surface area (Å²) in [5, 5.41) is 3.35. The van der Waals surface area contributed by atoms with E-state index in [0.29, 0.717) is 5.78 Å². The molecule has 1 aromatic carbocycles. The third kappa shape index (κ3) is 3.62. The van der Waals surface area contributed by atoms with E-state index in [-0.39, 0.29) is 18.3 Å². The van der Waals surface area contributed by atoms with Crippen molar-refractivity contribution >= 4 is 18.2 Å². The molecule has 1 saturated carbocycles. The van der Waals surface area contributed by atoms with Crippen LogP contribution < -0.4 is 5.32 Å². The lowest BCUT2D eigenvalue weighted by Gasteiger charge is -2.09. The molecule has 1 atom stereocenters. The minimum absolute atomic E-state index is 0. The molecule has 0 amide bonds. The molecule has 16 heavy (non-hydrogen) atoms. The number of halogens is 1. The fourth-order valence-corrected chi connectivity index (χ4v) is 2.09. The van der Waals surface area contributed by atoms with E-state index in [2.05, 4.69) is 17.4 Å². The SMILES string of the molecule is Cl.O=C1CCCC1CNCc1ccccc1. The van der Waals surface area contributed by atoms with E-state index in [9.17, 15) is 4.79 Å². The lowest BCUT2D eigenvalue weighted by Crippen LogP contribution is -2.24. The van der Waals surface area contributed by atoms with Gasteiger partial charge in [-0.25, -0.2) is 0 Å². The second kappa shape index (κ2) is 6.66. The highest BCUT2D eigenvalue weighted by atomic mass is 35.5. The van der Waals surface area contributed by atoms with Crippen LogP contribution in [0.2, 0.25) is 0 Å². The molecule has 1 aromatic rings. The van der Waals surface area contributed by atoms with Gasteiger partial charge in [0.15, 0.2) is 0 Å². The first-order valence-corrected chi connectivity index (χ1v) is 5.63. The average Bonchev–Trinajstić information content (AvgIpc) is 2.66. The Hall–Kier alpha value is -0.860. The van der Waals surface area contributed by atoms with Crippen molar-refractivity contribution in [3.05, 3.63) is 35.9 Å². The number of hydrogen-bond acceptors (Lipinski definition) is 2. The van der Waals surface area contributed by atoms with Crippen LogP contribution in [0.25, 0.3) is 0 Å². The summed E-state index contributed by atoms with van der Waals surface area (Å²) in [6.45, 7) is 1.71. The van der Waals surface area contributed by atoms with Crippen molar-refractivity contribution in [1.82, 2.24) is 5.32 Å². The molecule has 0 heterocycles. The summed E-state index contributed by atoms with van der Waals surface area (Å²) in [5.41, 5.74) is 1.28. The maximum Gasteiger partial charge on any atom is 0.137 e. The van der Waals surface area contributed by atoms with Crippen LogP contribution in [0.15, 0.2) is 30.3 Å². The summed E-state index contributed by atoms with van der Waals surface area (Å²) in [7, 11) is 0. The van der Waals surface area contributed by atoms with Crippen molar-refractivity contribution < 1.29 is 4.79 Å². The molecule has 0 bridgehead atoms. The molecule has 2 rings (SSSR count). The largest absolute Gasteiger partial charge is 0.312 e. The number of nitrogens with one attached hydrogen (secondary N) is 1. The Kier molecular flexibility index (Phi) is 5.50. The fourth-order valence-electron chi connectivity index (χ4n) is 2.09. The fraction of sp³-hybridized carbons (Fsp3) is 0.462. The van der Waals surface area contributed by atoms with E-state index in [1.54, 1.807) is 0 Å². The third-order valence-electron chi connectivity index (χ3n) is 2.99. The minimum atomic E-state index is 0. The first-order valence-electron chi connectivity index (χ1n) is 5.63. The second-order valence-corrected chi connectivity index (χ2v) is 4.17. The predicted molar refractivity (Wildman–Crippen MR) is 67.7 cm³/mol. The first kappa shape index (κ1) is 13.2. The van der Waals surface area contributed by atoms with Gasteiger partial charge >= 0.3 is 0 Å². The average molecular weight is 240 g/mol. The Morgan fingerprint density at radius 1 is 1.25 bits per heavy atom. The van der Waals surface area contributed by atoms with Crippen molar-refractivity contribution in [3.63, 3.8) is 0 Å². The summed E-state index contributed by atoms with van der Waals surface area (Å²) in [5.74, 6) is 0.712. The number of benzene rings is 1. The summed E-state index contributed by atoms with van der Waals surface area (Å²) >= 11 is 0. The van der Waals surface area contributed by atoms with Crippen LogP contribution in [0.4, 0.5) is 0 Å². The molecule has 0 radical (unpaired) electrons. The second-order valence-electron chi connectivity index (χ2n) is 4.17. The van der Waals surface area contributed by atoms with E-state index >= 15 is 0 Å². The third-order valence-corrected chi connectivity index (χ3v) is 2.99.